The molecule has 7 nitrogen and oxygen atoms in total. The Bertz CT molecular complexity index is 596. The lowest BCUT2D eigenvalue weighted by atomic mass is 9.91. The maximum absolute atomic E-state index is 12.2. The summed E-state index contributed by atoms with van der Waals surface area (Å²) in [5.74, 6) is 0.0813. The number of piperidine rings is 1. The molecule has 1 fully saturated rings. The second-order valence-corrected chi connectivity index (χ2v) is 6.22. The van der Waals surface area contributed by atoms with Crippen molar-refractivity contribution in [2.75, 3.05) is 25.0 Å². The molecule has 1 saturated heterocycles. The van der Waals surface area contributed by atoms with E-state index in [0.717, 1.165) is 19.4 Å². The summed E-state index contributed by atoms with van der Waals surface area (Å²) in [5, 5.41) is 23.0. The highest BCUT2D eigenvalue weighted by Crippen LogP contribution is 2.27. The molecule has 0 aromatic heterocycles. The maximum atomic E-state index is 12.2. The van der Waals surface area contributed by atoms with Crippen molar-refractivity contribution in [2.24, 2.45) is 5.92 Å². The molecule has 1 aromatic rings. The van der Waals surface area contributed by atoms with E-state index in [0.29, 0.717) is 11.6 Å². The Morgan fingerprint density at radius 3 is 2.91 bits per heavy atom. The van der Waals surface area contributed by atoms with E-state index >= 15 is 0 Å². The van der Waals surface area contributed by atoms with Crippen LogP contribution in [0.1, 0.15) is 19.8 Å². The Hall–Kier alpha value is -1.70. The smallest absolute Gasteiger partial charge is 0.271 e. The number of nitrogens with zero attached hydrogens (tertiary/aromatic N) is 2. The fourth-order valence-corrected chi connectivity index (χ4v) is 3.14. The Balaban J connectivity index is 2.00. The van der Waals surface area contributed by atoms with Gasteiger partial charge in [0, 0.05) is 18.2 Å². The van der Waals surface area contributed by atoms with E-state index in [2.05, 4.69) is 12.2 Å². The molecule has 1 amide bonds. The number of likely N-dealkylation sites (tertiary alicyclic amines) is 1. The average molecular weight is 342 g/mol. The van der Waals surface area contributed by atoms with Crippen molar-refractivity contribution in [1.82, 2.24) is 4.90 Å². The largest absolute Gasteiger partial charge is 0.395 e. The van der Waals surface area contributed by atoms with Crippen LogP contribution in [0.5, 0.6) is 0 Å². The number of nitro benzene ring substituents is 1. The Morgan fingerprint density at radius 2 is 2.30 bits per heavy atom. The molecule has 23 heavy (non-hydrogen) atoms. The molecular weight excluding hydrogens is 322 g/mol. The molecule has 2 N–H and O–H groups in total. The molecular formula is C15H20ClN3O4. The van der Waals surface area contributed by atoms with Crippen molar-refractivity contribution in [1.29, 1.82) is 0 Å². The van der Waals surface area contributed by atoms with Crippen LogP contribution in [-0.2, 0) is 4.79 Å². The minimum Gasteiger partial charge on any atom is -0.395 e. The Labute approximate surface area is 139 Å². The Kier molecular flexibility index (Phi) is 5.92. The van der Waals surface area contributed by atoms with Crippen molar-refractivity contribution in [2.45, 2.75) is 25.8 Å². The number of rotatable bonds is 5. The third-order valence-electron chi connectivity index (χ3n) is 4.20. The fourth-order valence-electron chi connectivity index (χ4n) is 2.92. The number of hydrogen-bond donors (Lipinski definition) is 2. The average Bonchev–Trinajstić information content (AvgIpc) is 2.49. The number of nitrogens with one attached hydrogen (secondary N) is 1. The van der Waals surface area contributed by atoms with Crippen LogP contribution in [0.3, 0.4) is 0 Å². The molecule has 0 spiro atoms. The van der Waals surface area contributed by atoms with Crippen molar-refractivity contribution < 1.29 is 14.8 Å². The Morgan fingerprint density at radius 1 is 1.57 bits per heavy atom. The molecule has 1 aromatic carbocycles. The number of non-ortho nitro benzene ring substituents is 1. The van der Waals surface area contributed by atoms with Gasteiger partial charge in [-0.3, -0.25) is 19.8 Å². The molecule has 0 aliphatic carbocycles. The number of carbonyl (C=O) groups excluding carboxylic acids is 1. The lowest BCUT2D eigenvalue weighted by molar-refractivity contribution is -0.384. The lowest BCUT2D eigenvalue weighted by Crippen LogP contribution is -2.49. The number of aliphatic hydroxyl groups is 1. The van der Waals surface area contributed by atoms with E-state index in [4.69, 9.17) is 11.6 Å². The number of carbonyl (C=O) groups is 1. The second-order valence-electron chi connectivity index (χ2n) is 5.81. The van der Waals surface area contributed by atoms with Gasteiger partial charge in [-0.2, -0.15) is 0 Å². The van der Waals surface area contributed by atoms with Crippen molar-refractivity contribution in [3.8, 4) is 0 Å². The first-order valence-corrected chi connectivity index (χ1v) is 7.89. The molecule has 2 rings (SSSR count). The van der Waals surface area contributed by atoms with Gasteiger partial charge in [-0.1, -0.05) is 18.5 Å². The second kappa shape index (κ2) is 7.72. The lowest BCUT2D eigenvalue weighted by Gasteiger charge is -2.38. The minimum absolute atomic E-state index is 0.0206. The summed E-state index contributed by atoms with van der Waals surface area (Å²) in [5.41, 5.74) is 0.214. The van der Waals surface area contributed by atoms with Crippen molar-refractivity contribution >= 4 is 28.9 Å². The first kappa shape index (κ1) is 17.7. The monoisotopic (exact) mass is 341 g/mol. The van der Waals surface area contributed by atoms with Crippen molar-refractivity contribution in [3.63, 3.8) is 0 Å². The van der Waals surface area contributed by atoms with Crippen LogP contribution in [0, 0.1) is 16.0 Å². The van der Waals surface area contributed by atoms with Gasteiger partial charge in [0.25, 0.3) is 5.69 Å². The third-order valence-corrected chi connectivity index (χ3v) is 4.51. The van der Waals surface area contributed by atoms with Gasteiger partial charge < -0.3 is 10.4 Å². The molecule has 1 aliphatic rings. The van der Waals surface area contributed by atoms with Gasteiger partial charge >= 0.3 is 0 Å². The summed E-state index contributed by atoms with van der Waals surface area (Å²) in [6.07, 6.45) is 2.03. The van der Waals surface area contributed by atoms with E-state index in [1.165, 1.54) is 18.2 Å². The molecule has 1 aliphatic heterocycles. The number of aliphatic hydroxyl groups excluding tert-OH is 1. The molecule has 0 saturated carbocycles. The molecule has 8 heteroatoms. The van der Waals surface area contributed by atoms with Gasteiger partial charge in [-0.25, -0.2) is 0 Å². The molecule has 2 unspecified atom stereocenters. The van der Waals surface area contributed by atoms with Crippen molar-refractivity contribution in [3.05, 3.63) is 33.3 Å². The molecule has 2 atom stereocenters. The zero-order valence-corrected chi connectivity index (χ0v) is 13.6. The molecule has 0 bridgehead atoms. The zero-order chi connectivity index (χ0) is 17.0. The van der Waals surface area contributed by atoms with Gasteiger partial charge in [0.15, 0.2) is 0 Å². The molecule has 126 valence electrons. The quantitative estimate of drug-likeness (QED) is 0.632. The van der Waals surface area contributed by atoms with Gasteiger partial charge in [-0.15, -0.1) is 0 Å². The molecule has 1 heterocycles. The van der Waals surface area contributed by atoms with Crippen LogP contribution in [0.25, 0.3) is 0 Å². The number of amides is 1. The number of hydrogen-bond acceptors (Lipinski definition) is 5. The first-order valence-electron chi connectivity index (χ1n) is 7.51. The number of nitro groups is 1. The van der Waals surface area contributed by atoms with Crippen LogP contribution in [0.4, 0.5) is 11.4 Å². The van der Waals surface area contributed by atoms with Gasteiger partial charge in [0.2, 0.25) is 5.91 Å². The van der Waals surface area contributed by atoms with Gasteiger partial charge in [0.1, 0.15) is 0 Å². The van der Waals surface area contributed by atoms with Gasteiger partial charge in [-0.05, 0) is 31.4 Å². The van der Waals surface area contributed by atoms with Crippen LogP contribution >= 0.6 is 11.6 Å². The summed E-state index contributed by atoms with van der Waals surface area (Å²) in [4.78, 5) is 24.3. The van der Waals surface area contributed by atoms with Gasteiger partial charge in [0.05, 0.1) is 28.8 Å². The SMILES string of the molecule is CC1CCCN(CC(=O)Nc2ccc([N+](=O)[O-])cc2Cl)C1CO. The number of benzene rings is 1. The summed E-state index contributed by atoms with van der Waals surface area (Å²) in [6, 6.07) is 3.89. The highest BCUT2D eigenvalue weighted by atomic mass is 35.5. The summed E-state index contributed by atoms with van der Waals surface area (Å²) in [6.45, 7) is 3.00. The summed E-state index contributed by atoms with van der Waals surface area (Å²) < 4.78 is 0. The first-order chi connectivity index (χ1) is 10.9. The number of halogens is 1. The summed E-state index contributed by atoms with van der Waals surface area (Å²) >= 11 is 5.97. The molecule has 0 radical (unpaired) electrons. The third kappa shape index (κ3) is 4.40. The van der Waals surface area contributed by atoms with E-state index in [1.807, 2.05) is 4.90 Å². The zero-order valence-electron chi connectivity index (χ0n) is 12.9. The minimum atomic E-state index is -0.543. The fraction of sp³-hybridized carbons (Fsp3) is 0.533. The standard InChI is InChI=1S/C15H20ClN3O4/c1-10-3-2-6-18(14(10)9-20)8-15(21)17-13-5-4-11(19(22)23)7-12(13)16/h4-5,7,10,14,20H,2-3,6,8-9H2,1H3,(H,17,21). The predicted octanol–water partition coefficient (Wildman–Crippen LogP) is 2.28. The van der Waals surface area contributed by atoms with E-state index in [1.54, 1.807) is 0 Å². The van der Waals surface area contributed by atoms with Crippen LogP contribution in [-0.4, -0.2) is 46.6 Å². The topological polar surface area (TPSA) is 95.7 Å². The number of anilines is 1. The van der Waals surface area contributed by atoms with Crippen LogP contribution in [0.15, 0.2) is 18.2 Å². The highest BCUT2D eigenvalue weighted by Gasteiger charge is 2.29. The van der Waals surface area contributed by atoms with E-state index in [-0.39, 0.29) is 35.8 Å². The summed E-state index contributed by atoms with van der Waals surface area (Å²) in [7, 11) is 0. The van der Waals surface area contributed by atoms with Crippen LogP contribution < -0.4 is 5.32 Å². The normalized spacial score (nSPS) is 21.9. The highest BCUT2D eigenvalue weighted by molar-refractivity contribution is 6.34. The maximum Gasteiger partial charge on any atom is 0.271 e. The van der Waals surface area contributed by atoms with Crippen LogP contribution in [0.2, 0.25) is 5.02 Å². The van der Waals surface area contributed by atoms with E-state index < -0.39 is 4.92 Å². The van der Waals surface area contributed by atoms with E-state index in [9.17, 15) is 20.0 Å². The predicted molar refractivity (Wildman–Crippen MR) is 87.6 cm³/mol.